The van der Waals surface area contributed by atoms with Gasteiger partial charge in [-0.25, -0.2) is 9.59 Å². The Hall–Kier alpha value is -1.78. The van der Waals surface area contributed by atoms with Crippen LogP contribution in [0.15, 0.2) is 4.42 Å². The second-order valence-electron chi connectivity index (χ2n) is 2.97. The molecule has 82 valence electrons. The molecule has 0 aromatic carbocycles. The van der Waals surface area contributed by atoms with E-state index in [1.165, 1.54) is 14.2 Å². The van der Waals surface area contributed by atoms with Crippen molar-refractivity contribution in [3.05, 3.63) is 22.6 Å². The van der Waals surface area contributed by atoms with E-state index in [9.17, 15) is 9.59 Å². The number of hydrogen-bond acceptors (Lipinski definition) is 5. The Morgan fingerprint density at radius 3 is 2.07 bits per heavy atom. The average molecular weight is 212 g/mol. The first-order valence-corrected chi connectivity index (χ1v) is 4.29. The highest BCUT2D eigenvalue weighted by Gasteiger charge is 2.27. The minimum atomic E-state index is -0.688. The normalized spacial score (nSPS) is 9.87. The van der Waals surface area contributed by atoms with Gasteiger partial charge >= 0.3 is 11.9 Å². The van der Waals surface area contributed by atoms with Gasteiger partial charge in [0.15, 0.2) is 0 Å². The molecule has 0 N–H and O–H groups in total. The summed E-state index contributed by atoms with van der Waals surface area (Å²) in [7, 11) is 2.46. The number of hydrogen-bond donors (Lipinski definition) is 0. The maximum Gasteiger partial charge on any atom is 0.374 e. The molecule has 0 amide bonds. The van der Waals surface area contributed by atoms with Gasteiger partial charge in [-0.3, -0.25) is 0 Å². The number of rotatable bonds is 2. The first kappa shape index (κ1) is 11.3. The Morgan fingerprint density at radius 1 is 1.07 bits per heavy atom. The Morgan fingerprint density at radius 2 is 1.60 bits per heavy atom. The Balaban J connectivity index is 3.33. The largest absolute Gasteiger partial charge is 0.465 e. The molecule has 0 spiro atoms. The number of carbonyl (C=O) groups excluding carboxylic acids is 2. The lowest BCUT2D eigenvalue weighted by atomic mass is 10.1. The summed E-state index contributed by atoms with van der Waals surface area (Å²) >= 11 is 0. The zero-order valence-corrected chi connectivity index (χ0v) is 9.04. The number of aryl methyl sites for hydroxylation is 1. The Bertz CT molecular complexity index is 402. The molecule has 0 aliphatic rings. The summed E-state index contributed by atoms with van der Waals surface area (Å²) in [6, 6.07) is 0. The number of carbonyl (C=O) groups is 2. The van der Waals surface area contributed by atoms with Crippen LogP contribution in [0.25, 0.3) is 0 Å². The molecule has 0 bridgehead atoms. The van der Waals surface area contributed by atoms with E-state index < -0.39 is 11.9 Å². The van der Waals surface area contributed by atoms with Gasteiger partial charge in [-0.15, -0.1) is 0 Å². The smallest absolute Gasteiger partial charge is 0.374 e. The quantitative estimate of drug-likeness (QED) is 0.694. The molecule has 1 heterocycles. The van der Waals surface area contributed by atoms with Crippen molar-refractivity contribution < 1.29 is 23.5 Å². The van der Waals surface area contributed by atoms with Crippen LogP contribution in [0.4, 0.5) is 0 Å². The van der Waals surface area contributed by atoms with Gasteiger partial charge in [-0.1, -0.05) is 0 Å². The molecule has 0 aliphatic carbocycles. The Kier molecular flexibility index (Phi) is 3.14. The molecule has 0 saturated carbocycles. The van der Waals surface area contributed by atoms with Crippen molar-refractivity contribution in [3.63, 3.8) is 0 Å². The average Bonchev–Trinajstić information content (AvgIpc) is 2.53. The predicted molar refractivity (Wildman–Crippen MR) is 50.9 cm³/mol. The number of ether oxygens (including phenoxy) is 2. The van der Waals surface area contributed by atoms with Gasteiger partial charge in [0, 0.05) is 5.56 Å². The standard InChI is InChI=1S/C10H12O5/c1-5-6(2)15-8(10(12)14-4)7(5)9(11)13-3/h1-4H3. The summed E-state index contributed by atoms with van der Waals surface area (Å²) in [6.07, 6.45) is 0. The van der Waals surface area contributed by atoms with Gasteiger partial charge < -0.3 is 13.9 Å². The highest BCUT2D eigenvalue weighted by Crippen LogP contribution is 2.22. The van der Waals surface area contributed by atoms with Gasteiger partial charge in [-0.2, -0.15) is 0 Å². The van der Waals surface area contributed by atoms with E-state index in [-0.39, 0.29) is 11.3 Å². The van der Waals surface area contributed by atoms with E-state index in [0.29, 0.717) is 11.3 Å². The van der Waals surface area contributed by atoms with E-state index in [2.05, 4.69) is 9.47 Å². The second kappa shape index (κ2) is 4.16. The van der Waals surface area contributed by atoms with Gasteiger partial charge in [-0.05, 0) is 13.8 Å². The summed E-state index contributed by atoms with van der Waals surface area (Å²) in [5.41, 5.74) is 0.712. The molecule has 0 aliphatic heterocycles. The van der Waals surface area contributed by atoms with E-state index in [4.69, 9.17) is 4.42 Å². The van der Waals surface area contributed by atoms with Crippen LogP contribution in [0.2, 0.25) is 0 Å². The summed E-state index contributed by atoms with van der Waals surface area (Å²) in [6.45, 7) is 3.34. The zero-order chi connectivity index (χ0) is 11.6. The molecular weight excluding hydrogens is 200 g/mol. The van der Waals surface area contributed by atoms with Crippen molar-refractivity contribution in [2.45, 2.75) is 13.8 Å². The van der Waals surface area contributed by atoms with Crippen molar-refractivity contribution in [3.8, 4) is 0 Å². The molecule has 0 saturated heterocycles. The molecule has 0 radical (unpaired) electrons. The number of esters is 2. The van der Waals surface area contributed by atoms with Gasteiger partial charge in [0.1, 0.15) is 11.3 Å². The third kappa shape index (κ3) is 1.86. The lowest BCUT2D eigenvalue weighted by Gasteiger charge is -1.99. The Labute approximate surface area is 87.0 Å². The molecule has 1 aromatic heterocycles. The van der Waals surface area contributed by atoms with Crippen LogP contribution in [0.3, 0.4) is 0 Å². The molecule has 15 heavy (non-hydrogen) atoms. The third-order valence-electron chi connectivity index (χ3n) is 2.15. The topological polar surface area (TPSA) is 65.7 Å². The lowest BCUT2D eigenvalue weighted by molar-refractivity contribution is 0.0527. The van der Waals surface area contributed by atoms with E-state index in [0.717, 1.165) is 0 Å². The van der Waals surface area contributed by atoms with Crippen LogP contribution in [0, 0.1) is 13.8 Å². The van der Waals surface area contributed by atoms with Crippen LogP contribution in [-0.2, 0) is 9.47 Å². The van der Waals surface area contributed by atoms with E-state index in [1.807, 2.05) is 0 Å². The predicted octanol–water partition coefficient (Wildman–Crippen LogP) is 1.47. The molecule has 0 unspecified atom stereocenters. The fraction of sp³-hybridized carbons (Fsp3) is 0.400. The summed E-state index contributed by atoms with van der Waals surface area (Å²) in [4.78, 5) is 22.7. The fourth-order valence-corrected chi connectivity index (χ4v) is 1.21. The zero-order valence-electron chi connectivity index (χ0n) is 9.04. The van der Waals surface area contributed by atoms with Crippen molar-refractivity contribution in [1.29, 1.82) is 0 Å². The first-order chi connectivity index (χ1) is 7.02. The van der Waals surface area contributed by atoms with E-state index in [1.54, 1.807) is 13.8 Å². The first-order valence-electron chi connectivity index (χ1n) is 4.29. The molecule has 1 rings (SSSR count). The molecular formula is C10H12O5. The summed E-state index contributed by atoms with van der Waals surface area (Å²) in [5.74, 6) is -0.911. The maximum absolute atomic E-state index is 11.4. The van der Waals surface area contributed by atoms with Gasteiger partial charge in [0.25, 0.3) is 0 Å². The molecule has 0 atom stereocenters. The van der Waals surface area contributed by atoms with E-state index >= 15 is 0 Å². The van der Waals surface area contributed by atoms with Crippen molar-refractivity contribution in [2.75, 3.05) is 14.2 Å². The lowest BCUT2D eigenvalue weighted by Crippen LogP contribution is -2.10. The van der Waals surface area contributed by atoms with Gasteiger partial charge in [0.2, 0.25) is 5.76 Å². The molecule has 5 heteroatoms. The number of furan rings is 1. The van der Waals surface area contributed by atoms with Crippen LogP contribution in [0.5, 0.6) is 0 Å². The second-order valence-corrected chi connectivity index (χ2v) is 2.97. The number of methoxy groups -OCH3 is 2. The fourth-order valence-electron chi connectivity index (χ4n) is 1.21. The van der Waals surface area contributed by atoms with Crippen LogP contribution >= 0.6 is 0 Å². The summed E-state index contributed by atoms with van der Waals surface area (Å²) < 4.78 is 14.2. The van der Waals surface area contributed by atoms with Crippen LogP contribution in [0.1, 0.15) is 32.2 Å². The minimum absolute atomic E-state index is 0.112. The van der Waals surface area contributed by atoms with Crippen molar-refractivity contribution >= 4 is 11.9 Å². The highest BCUT2D eigenvalue weighted by molar-refractivity contribution is 6.02. The maximum atomic E-state index is 11.4. The minimum Gasteiger partial charge on any atom is -0.465 e. The SMILES string of the molecule is COC(=O)c1oc(C)c(C)c1C(=O)OC. The molecule has 5 nitrogen and oxygen atoms in total. The molecule has 0 fully saturated rings. The van der Waals surface area contributed by atoms with Crippen LogP contribution in [-0.4, -0.2) is 26.2 Å². The third-order valence-corrected chi connectivity index (χ3v) is 2.15. The van der Waals surface area contributed by atoms with Crippen LogP contribution < -0.4 is 0 Å². The molecule has 1 aromatic rings. The summed E-state index contributed by atoms with van der Waals surface area (Å²) in [5, 5.41) is 0. The van der Waals surface area contributed by atoms with Crippen molar-refractivity contribution in [1.82, 2.24) is 0 Å². The monoisotopic (exact) mass is 212 g/mol. The highest BCUT2D eigenvalue weighted by atomic mass is 16.5. The van der Waals surface area contributed by atoms with Gasteiger partial charge in [0.05, 0.1) is 14.2 Å². The van der Waals surface area contributed by atoms with Crippen molar-refractivity contribution in [2.24, 2.45) is 0 Å².